The van der Waals surface area contributed by atoms with E-state index in [-0.39, 0.29) is 70.2 Å². The Morgan fingerprint density at radius 2 is 1.29 bits per heavy atom. The highest BCUT2D eigenvalue weighted by Crippen LogP contribution is 2.39. The maximum absolute atomic E-state index is 15.5. The summed E-state index contributed by atoms with van der Waals surface area (Å²) in [5, 5.41) is 74.7. The quantitative estimate of drug-likeness (QED) is 0.0335. The molecule has 2 fully saturated rings. The van der Waals surface area contributed by atoms with Crippen LogP contribution >= 0.6 is 21.6 Å². The lowest BCUT2D eigenvalue weighted by Gasteiger charge is -2.35. The summed E-state index contributed by atoms with van der Waals surface area (Å²) < 4.78 is -1.65. The summed E-state index contributed by atoms with van der Waals surface area (Å²) in [4.78, 5) is 175. The van der Waals surface area contributed by atoms with Gasteiger partial charge in [0.1, 0.15) is 66.2 Å². The van der Waals surface area contributed by atoms with Crippen LogP contribution in [0.2, 0.25) is 0 Å². The number of aromatic hydroxyl groups is 1. The van der Waals surface area contributed by atoms with Gasteiger partial charge in [-0.1, -0.05) is 96.1 Å². The van der Waals surface area contributed by atoms with Gasteiger partial charge in [-0.3, -0.25) is 52.7 Å². The van der Waals surface area contributed by atoms with Gasteiger partial charge in [-0.05, 0) is 100 Å². The first-order valence-corrected chi connectivity index (χ1v) is 33.7. The van der Waals surface area contributed by atoms with Crippen molar-refractivity contribution in [2.45, 2.75) is 170 Å². The molecule has 0 aliphatic carbocycles. The van der Waals surface area contributed by atoms with Gasteiger partial charge in [0.05, 0.1) is 18.6 Å². The van der Waals surface area contributed by atoms with E-state index in [1.54, 1.807) is 60.8 Å². The number of phenolic OH excluding ortho intramolecular Hbond substituents is 1. The number of aliphatic hydroxyl groups is 2. The van der Waals surface area contributed by atoms with Gasteiger partial charge in [-0.15, -0.1) is 0 Å². The SMILES string of the molecule is CC(C)[C@H](NC(=O)[C@@H]1CSSC(C)(C)[C@H](NC(=O)[C@H](CC(=O)O)NC(=O)[C@@H]2CCCN2C(=O)[C@@H](NC(=O)[C@@H](N)CCO)[C@@H](C)O)C(=O)N[C@@H](Cc2ccccc2)C(=O)N[C@H](Cc2c[nH]c3ccccc23)C(=O)N[C@@H](CCCN)C(=O)N[C@@H](Cc2ccc(O)cc2)C(=O)N1)C(=O)O. The van der Waals surface area contributed by atoms with Crippen LogP contribution in [-0.4, -0.2) is 209 Å². The van der Waals surface area contributed by atoms with E-state index >= 15 is 14.4 Å². The number of rotatable bonds is 25. The molecule has 10 amide bonds. The summed E-state index contributed by atoms with van der Waals surface area (Å²) in [6.07, 6.45) is -1.67. The van der Waals surface area contributed by atoms with Crippen molar-refractivity contribution < 1.29 is 83.1 Å². The molecule has 96 heavy (non-hydrogen) atoms. The lowest BCUT2D eigenvalue weighted by atomic mass is 9.98. The fourth-order valence-corrected chi connectivity index (χ4v) is 13.7. The normalized spacial score (nSPS) is 22.3. The Hall–Kier alpha value is -8.82. The number of carboxylic acid groups (broad SMARTS) is 2. The lowest BCUT2D eigenvalue weighted by Crippen LogP contribution is -2.64. The Bertz CT molecular complexity index is 3410. The van der Waals surface area contributed by atoms with Gasteiger partial charge < -0.3 is 94.7 Å². The summed E-state index contributed by atoms with van der Waals surface area (Å²) in [5.41, 5.74) is 13.9. The molecule has 1 aromatic heterocycles. The molecule has 6 rings (SSSR count). The van der Waals surface area contributed by atoms with Gasteiger partial charge in [0.2, 0.25) is 59.1 Å². The molecular weight excluding hydrogens is 1290 g/mol. The van der Waals surface area contributed by atoms with Crippen LogP contribution in [0.5, 0.6) is 5.75 Å². The van der Waals surface area contributed by atoms with Crippen LogP contribution in [0.1, 0.15) is 89.8 Å². The minimum atomic E-state index is -2.00. The number of aliphatic hydroxyl groups excluding tert-OH is 2. The van der Waals surface area contributed by atoms with Crippen molar-refractivity contribution in [3.05, 3.63) is 102 Å². The molecule has 4 aromatic rings. The molecule has 3 heterocycles. The lowest BCUT2D eigenvalue weighted by molar-refractivity contribution is -0.145. The van der Waals surface area contributed by atoms with E-state index < -0.39 is 173 Å². The number of carbonyl (C=O) groups is 12. The van der Waals surface area contributed by atoms with E-state index in [2.05, 4.69) is 52.8 Å². The summed E-state index contributed by atoms with van der Waals surface area (Å²) in [7, 11) is 1.70. The summed E-state index contributed by atoms with van der Waals surface area (Å²) >= 11 is 0. The molecule has 0 bridgehead atoms. The van der Waals surface area contributed by atoms with Crippen LogP contribution in [-0.2, 0) is 76.8 Å². The predicted octanol–water partition coefficient (Wildman–Crippen LogP) is -1.53. The van der Waals surface area contributed by atoms with Crippen molar-refractivity contribution >= 4 is 104 Å². The van der Waals surface area contributed by atoms with E-state index in [1.807, 2.05) is 0 Å². The highest BCUT2D eigenvalue weighted by atomic mass is 33.1. The van der Waals surface area contributed by atoms with Gasteiger partial charge >= 0.3 is 11.9 Å². The number of nitrogens with one attached hydrogen (secondary N) is 10. The van der Waals surface area contributed by atoms with Gasteiger partial charge in [-0.2, -0.15) is 0 Å². The van der Waals surface area contributed by atoms with Gasteiger partial charge in [0.15, 0.2) is 0 Å². The zero-order valence-electron chi connectivity index (χ0n) is 53.8. The zero-order valence-corrected chi connectivity index (χ0v) is 55.5. The molecule has 0 radical (unpaired) electrons. The van der Waals surface area contributed by atoms with Crippen molar-refractivity contribution in [3.8, 4) is 5.75 Å². The molecular formula is C64H87N13O17S2. The highest BCUT2D eigenvalue weighted by Gasteiger charge is 2.45. The average Bonchev–Trinajstić information content (AvgIpc) is 2.08. The number of phenols is 1. The fraction of sp³-hybridized carbons (Fsp3) is 0.500. The van der Waals surface area contributed by atoms with Gasteiger partial charge in [0, 0.05) is 60.0 Å². The van der Waals surface area contributed by atoms with E-state index in [0.717, 1.165) is 26.5 Å². The zero-order chi connectivity index (χ0) is 70.6. The fourth-order valence-electron chi connectivity index (χ4n) is 10.9. The number of likely N-dealkylation sites (tertiary alicyclic amines) is 1. The standard InChI is InChI=1S/C64H87N13O17S2/c1-33(2)50(63(93)94)74-59(89)47-32-95-96-64(4,5)52(76-58(88)46(30-49(81)82)71-60(90)48-18-12-25-77(48)62(92)51(34(3)79)75-53(83)40(66)23-26-78)61(91)72-44(27-35-13-7-6-8-14-35)55(85)70-45(29-37-31-67-41-16-10-9-15-39(37)41)57(87)68-42(17-11-24-65)54(84)69-43(56(86)73-47)28-36-19-21-38(80)22-20-36/h6-10,13-16,19-22,31,33-34,40,42-48,50-52,67,78-80H,11-12,17-18,23-30,32,65-66H2,1-5H3,(H,68,87)(H,69,84)(H,70,85)(H,71,90)(H,72,91)(H,73,86)(H,74,89)(H,75,83)(H,76,88)(H,81,82)(H,93,94)/t34-,40+,42+,43+,44+,45-,46+,47+,48+,50+,51+,52-/m1/s1. The number of aromatic amines is 1. The average molecular weight is 1370 g/mol. The topological polar surface area (TPSA) is 485 Å². The Balaban J connectivity index is 1.46. The number of aliphatic carboxylic acids is 2. The van der Waals surface area contributed by atoms with Crippen LogP contribution in [0.4, 0.5) is 0 Å². The van der Waals surface area contributed by atoms with Crippen molar-refractivity contribution in [2.75, 3.05) is 25.4 Å². The molecule has 522 valence electrons. The molecule has 19 N–H and O–H groups in total. The van der Waals surface area contributed by atoms with Crippen LogP contribution in [0.3, 0.4) is 0 Å². The Morgan fingerprint density at radius 1 is 0.708 bits per heavy atom. The Labute approximate surface area is 561 Å². The van der Waals surface area contributed by atoms with E-state index in [0.29, 0.717) is 27.6 Å². The molecule has 2 aliphatic rings. The third-order valence-corrected chi connectivity index (χ3v) is 19.6. The number of carbonyl (C=O) groups excluding carboxylic acids is 10. The first-order valence-electron chi connectivity index (χ1n) is 31.4. The van der Waals surface area contributed by atoms with E-state index in [4.69, 9.17) is 11.5 Å². The monoisotopic (exact) mass is 1370 g/mol. The molecule has 2 saturated heterocycles. The summed E-state index contributed by atoms with van der Waals surface area (Å²) in [6, 6.07) is 3.78. The number of aromatic nitrogens is 1. The Kier molecular flexibility index (Phi) is 28.4. The Morgan fingerprint density at radius 3 is 1.90 bits per heavy atom. The van der Waals surface area contributed by atoms with E-state index in [1.165, 1.54) is 58.9 Å². The summed E-state index contributed by atoms with van der Waals surface area (Å²) in [6.45, 7) is 6.71. The number of hydrogen-bond donors (Lipinski definition) is 17. The number of nitrogens with zero attached hydrogens (tertiary/aromatic N) is 1. The second-order valence-electron chi connectivity index (χ2n) is 24.5. The molecule has 0 spiro atoms. The van der Waals surface area contributed by atoms with Crippen molar-refractivity contribution in [1.82, 2.24) is 57.7 Å². The third kappa shape index (κ3) is 21.6. The first kappa shape index (κ1) is 76.2. The van der Waals surface area contributed by atoms with Crippen molar-refractivity contribution in [1.29, 1.82) is 0 Å². The van der Waals surface area contributed by atoms with Crippen LogP contribution in [0.25, 0.3) is 10.9 Å². The van der Waals surface area contributed by atoms with Crippen LogP contribution in [0.15, 0.2) is 85.1 Å². The first-order chi connectivity index (χ1) is 45.5. The number of nitrogens with two attached hydrogens (primary N) is 2. The highest BCUT2D eigenvalue weighted by molar-refractivity contribution is 8.77. The van der Waals surface area contributed by atoms with Crippen LogP contribution in [0, 0.1) is 5.92 Å². The van der Waals surface area contributed by atoms with Crippen LogP contribution < -0.4 is 59.3 Å². The minimum absolute atomic E-state index is 0.0267. The van der Waals surface area contributed by atoms with Crippen molar-refractivity contribution in [2.24, 2.45) is 17.4 Å². The maximum Gasteiger partial charge on any atom is 0.326 e. The van der Waals surface area contributed by atoms with Gasteiger partial charge in [-0.25, -0.2) is 4.79 Å². The smallest absolute Gasteiger partial charge is 0.326 e. The largest absolute Gasteiger partial charge is 0.508 e. The molecule has 30 nitrogen and oxygen atoms in total. The van der Waals surface area contributed by atoms with Crippen molar-refractivity contribution in [3.63, 3.8) is 0 Å². The minimum Gasteiger partial charge on any atom is -0.508 e. The van der Waals surface area contributed by atoms with E-state index in [9.17, 15) is 68.7 Å². The third-order valence-electron chi connectivity index (χ3n) is 16.3. The molecule has 0 unspecified atom stereocenters. The number of H-pyrrole nitrogens is 1. The molecule has 2 aliphatic heterocycles. The maximum atomic E-state index is 15.5. The number of carboxylic acids is 2. The second kappa shape index (κ2) is 35.8. The molecule has 12 atom stereocenters. The number of para-hydroxylation sites is 1. The molecule has 0 saturated carbocycles. The number of fused-ring (bicyclic) bond motifs is 1. The summed E-state index contributed by atoms with van der Waals surface area (Å²) in [5.74, 6) is -14.1. The number of hydrogen-bond acceptors (Lipinski definition) is 19. The molecule has 3 aromatic carbocycles. The predicted molar refractivity (Wildman–Crippen MR) is 355 cm³/mol. The number of benzene rings is 3. The van der Waals surface area contributed by atoms with Gasteiger partial charge in [0.25, 0.3) is 0 Å². The molecule has 32 heteroatoms. The number of amides is 10. The second-order valence-corrected chi connectivity index (χ2v) is 27.5.